The Labute approximate surface area is 110 Å². The molecule has 0 aliphatic carbocycles. The van der Waals surface area contributed by atoms with Gasteiger partial charge in [-0.2, -0.15) is 0 Å². The highest BCUT2D eigenvalue weighted by molar-refractivity contribution is 7.15. The summed E-state index contributed by atoms with van der Waals surface area (Å²) < 4.78 is 7.10. The molecule has 2 aromatic rings. The first kappa shape index (κ1) is 14.0. The quantitative estimate of drug-likeness (QED) is 0.805. The van der Waals surface area contributed by atoms with Crippen LogP contribution in [0.4, 0.5) is 0 Å². The number of imidazole rings is 1. The first-order chi connectivity index (χ1) is 7.70. The average Bonchev–Trinajstić information content (AvgIpc) is 2.79. The summed E-state index contributed by atoms with van der Waals surface area (Å²) >= 11 is 1.59. The third kappa shape index (κ3) is 3.20. The van der Waals surface area contributed by atoms with E-state index >= 15 is 0 Å². The molecule has 0 saturated heterocycles. The first-order valence-electron chi connectivity index (χ1n) is 5.28. The molecule has 17 heavy (non-hydrogen) atoms. The summed E-state index contributed by atoms with van der Waals surface area (Å²) in [6.07, 6.45) is 3.21. The summed E-state index contributed by atoms with van der Waals surface area (Å²) in [5.74, 6) is -0.157. The van der Waals surface area contributed by atoms with Crippen LogP contribution >= 0.6 is 23.7 Å². The molecule has 0 aromatic carbocycles. The molecule has 0 atom stereocenters. The fourth-order valence-corrected chi connectivity index (χ4v) is 2.31. The number of aromatic nitrogens is 2. The summed E-state index contributed by atoms with van der Waals surface area (Å²) in [6.45, 7) is 4.25. The van der Waals surface area contributed by atoms with E-state index in [1.54, 1.807) is 11.3 Å². The molecule has 4 nitrogen and oxygen atoms in total. The topological polar surface area (TPSA) is 43.6 Å². The minimum atomic E-state index is -0.157. The maximum absolute atomic E-state index is 11.2. The van der Waals surface area contributed by atoms with E-state index < -0.39 is 0 Å². The number of thiazole rings is 1. The monoisotopic (exact) mass is 274 g/mol. The van der Waals surface area contributed by atoms with Crippen molar-refractivity contribution in [1.29, 1.82) is 0 Å². The highest BCUT2D eigenvalue weighted by atomic mass is 35.5. The van der Waals surface area contributed by atoms with E-state index in [-0.39, 0.29) is 25.0 Å². The van der Waals surface area contributed by atoms with Gasteiger partial charge in [-0.1, -0.05) is 6.92 Å². The molecular formula is C11H15ClN2O2S. The van der Waals surface area contributed by atoms with E-state index in [0.29, 0.717) is 6.42 Å². The molecule has 0 saturated carbocycles. The average molecular weight is 275 g/mol. The van der Waals surface area contributed by atoms with Gasteiger partial charge in [-0.05, 0) is 13.3 Å². The summed E-state index contributed by atoms with van der Waals surface area (Å²) in [5.41, 5.74) is 1.96. The first-order valence-corrected chi connectivity index (χ1v) is 6.16. The predicted octanol–water partition coefficient (Wildman–Crippen LogP) is 2.97. The second-order valence-electron chi connectivity index (χ2n) is 3.67. The van der Waals surface area contributed by atoms with Crippen LogP contribution < -0.4 is 0 Å². The number of fused-ring (bicyclic) bond motifs is 1. The van der Waals surface area contributed by atoms with Crippen LogP contribution in [0.25, 0.3) is 4.96 Å². The number of ether oxygens (including phenoxy) is 1. The second-order valence-corrected chi connectivity index (χ2v) is 4.51. The third-order valence-electron chi connectivity index (χ3n) is 2.27. The van der Waals surface area contributed by atoms with Gasteiger partial charge in [-0.25, -0.2) is 4.98 Å². The number of carbonyl (C=O) groups excluding carboxylic acids is 1. The van der Waals surface area contributed by atoms with Crippen LogP contribution in [0.2, 0.25) is 0 Å². The minimum absolute atomic E-state index is 0. The van der Waals surface area contributed by atoms with Gasteiger partial charge in [-0.3, -0.25) is 9.20 Å². The maximum atomic E-state index is 11.2. The largest absolute Gasteiger partial charge is 0.459 e. The molecular weight excluding hydrogens is 260 g/mol. The number of nitrogens with zero attached hydrogens (tertiary/aromatic N) is 2. The normalized spacial score (nSPS) is 10.2. The smallest absolute Gasteiger partial charge is 0.306 e. The summed E-state index contributed by atoms with van der Waals surface area (Å²) in [4.78, 5) is 16.5. The van der Waals surface area contributed by atoms with Gasteiger partial charge in [-0.15, -0.1) is 23.7 Å². The number of rotatable bonds is 4. The number of hydrogen-bond acceptors (Lipinski definition) is 4. The van der Waals surface area contributed by atoms with Gasteiger partial charge in [0.25, 0.3) is 0 Å². The lowest BCUT2D eigenvalue weighted by Crippen LogP contribution is -2.03. The molecule has 2 aromatic heterocycles. The van der Waals surface area contributed by atoms with Crippen molar-refractivity contribution >= 4 is 34.7 Å². The van der Waals surface area contributed by atoms with E-state index in [1.807, 2.05) is 24.4 Å². The fraction of sp³-hybridized carbons (Fsp3) is 0.455. The molecule has 0 bridgehead atoms. The Bertz CT molecular complexity index is 507. The fourth-order valence-electron chi connectivity index (χ4n) is 1.44. The Morgan fingerprint density at radius 3 is 3.00 bits per heavy atom. The van der Waals surface area contributed by atoms with Crippen LogP contribution in [0.15, 0.2) is 11.6 Å². The van der Waals surface area contributed by atoms with Crippen LogP contribution in [0.1, 0.15) is 31.2 Å². The highest BCUT2D eigenvalue weighted by Crippen LogP contribution is 2.16. The summed E-state index contributed by atoms with van der Waals surface area (Å²) in [6, 6.07) is 0. The lowest BCUT2D eigenvalue weighted by Gasteiger charge is -2.00. The SMILES string of the molecule is CCCC(=O)OCc1cn2c(C)csc2n1.Cl. The molecule has 0 aliphatic heterocycles. The van der Waals surface area contributed by atoms with E-state index in [9.17, 15) is 4.79 Å². The molecule has 0 amide bonds. The molecule has 2 heterocycles. The van der Waals surface area contributed by atoms with Crippen molar-refractivity contribution in [1.82, 2.24) is 9.38 Å². The zero-order valence-electron chi connectivity index (χ0n) is 9.80. The number of esters is 1. The number of carbonyl (C=O) groups is 1. The second kappa shape index (κ2) is 6.02. The molecule has 0 radical (unpaired) electrons. The molecule has 2 rings (SSSR count). The van der Waals surface area contributed by atoms with Crippen molar-refractivity contribution < 1.29 is 9.53 Å². The van der Waals surface area contributed by atoms with Crippen molar-refractivity contribution in [3.8, 4) is 0 Å². The van der Waals surface area contributed by atoms with Gasteiger partial charge in [0, 0.05) is 23.7 Å². The zero-order valence-corrected chi connectivity index (χ0v) is 11.4. The van der Waals surface area contributed by atoms with Crippen LogP contribution in [0.3, 0.4) is 0 Å². The van der Waals surface area contributed by atoms with Crippen LogP contribution in [-0.2, 0) is 16.1 Å². The van der Waals surface area contributed by atoms with E-state index in [4.69, 9.17) is 4.74 Å². The van der Waals surface area contributed by atoms with Crippen molar-refractivity contribution in [2.24, 2.45) is 0 Å². The number of aryl methyl sites for hydroxylation is 1. The zero-order chi connectivity index (χ0) is 11.5. The molecule has 0 N–H and O–H groups in total. The highest BCUT2D eigenvalue weighted by Gasteiger charge is 2.07. The van der Waals surface area contributed by atoms with Crippen molar-refractivity contribution in [3.05, 3.63) is 23.0 Å². The molecule has 0 unspecified atom stereocenters. The Balaban J connectivity index is 0.00000144. The van der Waals surface area contributed by atoms with Crippen molar-refractivity contribution in [3.63, 3.8) is 0 Å². The number of hydrogen-bond donors (Lipinski definition) is 0. The van der Waals surface area contributed by atoms with Crippen LogP contribution in [0.5, 0.6) is 0 Å². The van der Waals surface area contributed by atoms with Crippen LogP contribution in [-0.4, -0.2) is 15.4 Å². The van der Waals surface area contributed by atoms with Crippen molar-refractivity contribution in [2.45, 2.75) is 33.3 Å². The Hall–Kier alpha value is -1.07. The van der Waals surface area contributed by atoms with E-state index in [2.05, 4.69) is 10.4 Å². The minimum Gasteiger partial charge on any atom is -0.459 e. The van der Waals surface area contributed by atoms with Gasteiger partial charge in [0.1, 0.15) is 6.61 Å². The lowest BCUT2D eigenvalue weighted by atomic mass is 10.3. The molecule has 0 spiro atoms. The Morgan fingerprint density at radius 1 is 1.59 bits per heavy atom. The summed E-state index contributed by atoms with van der Waals surface area (Å²) in [7, 11) is 0. The number of halogens is 1. The van der Waals surface area contributed by atoms with Crippen molar-refractivity contribution in [2.75, 3.05) is 0 Å². The molecule has 94 valence electrons. The van der Waals surface area contributed by atoms with Gasteiger partial charge in [0.15, 0.2) is 4.96 Å². The van der Waals surface area contributed by atoms with Gasteiger partial charge >= 0.3 is 5.97 Å². The van der Waals surface area contributed by atoms with Gasteiger partial charge in [0.05, 0.1) is 5.69 Å². The van der Waals surface area contributed by atoms with Crippen LogP contribution in [0, 0.1) is 6.92 Å². The maximum Gasteiger partial charge on any atom is 0.306 e. The van der Waals surface area contributed by atoms with Gasteiger partial charge < -0.3 is 4.74 Å². The van der Waals surface area contributed by atoms with Gasteiger partial charge in [0.2, 0.25) is 0 Å². The Morgan fingerprint density at radius 2 is 2.35 bits per heavy atom. The molecule has 0 aliphatic rings. The molecule has 0 fully saturated rings. The van der Waals surface area contributed by atoms with E-state index in [0.717, 1.165) is 22.8 Å². The molecule has 6 heteroatoms. The third-order valence-corrected chi connectivity index (χ3v) is 3.23. The van der Waals surface area contributed by atoms with E-state index in [1.165, 1.54) is 0 Å². The lowest BCUT2D eigenvalue weighted by molar-refractivity contribution is -0.145. The Kier molecular flexibility index (Phi) is 4.96. The predicted molar refractivity (Wildman–Crippen MR) is 69.8 cm³/mol. The standard InChI is InChI=1S/C11H14N2O2S.ClH/c1-3-4-10(14)15-6-9-5-13-8(2)7-16-11(13)12-9;/h5,7H,3-4,6H2,1-2H3;1H. The summed E-state index contributed by atoms with van der Waals surface area (Å²) in [5, 5.41) is 2.05.